The number of aromatic nitrogens is 1. The maximum atomic E-state index is 13.4. The van der Waals surface area contributed by atoms with Gasteiger partial charge in [-0.3, -0.25) is 14.6 Å². The third kappa shape index (κ3) is 4.53. The zero-order valence-corrected chi connectivity index (χ0v) is 17.7. The van der Waals surface area contributed by atoms with E-state index in [4.69, 9.17) is 21.1 Å². The molecule has 0 radical (unpaired) electrons. The maximum Gasteiger partial charge on any atom is 0.260 e. The van der Waals surface area contributed by atoms with Crippen LogP contribution in [0.25, 0.3) is 10.2 Å². The molecule has 0 bridgehead atoms. The van der Waals surface area contributed by atoms with Crippen molar-refractivity contribution in [1.29, 1.82) is 0 Å². The number of benzene rings is 2. The third-order valence-electron chi connectivity index (χ3n) is 4.92. The summed E-state index contributed by atoms with van der Waals surface area (Å²) in [6.45, 7) is 4.50. The van der Waals surface area contributed by atoms with Gasteiger partial charge in [0, 0.05) is 31.7 Å². The molecule has 0 atom stereocenters. The van der Waals surface area contributed by atoms with E-state index in [0.717, 1.165) is 43.1 Å². The van der Waals surface area contributed by atoms with E-state index in [-0.39, 0.29) is 5.91 Å². The van der Waals surface area contributed by atoms with Crippen LogP contribution in [0, 0.1) is 0 Å². The minimum atomic E-state index is -0.0870. The second kappa shape index (κ2) is 9.09. The molecule has 1 aliphatic rings. The molecule has 152 valence electrons. The lowest BCUT2D eigenvalue weighted by Crippen LogP contribution is -2.43. The Balaban J connectivity index is 1.63. The van der Waals surface area contributed by atoms with Crippen molar-refractivity contribution >= 4 is 44.2 Å². The van der Waals surface area contributed by atoms with Crippen LogP contribution in [0.1, 0.15) is 10.4 Å². The second-order valence-corrected chi connectivity index (χ2v) is 8.14. The molecule has 1 aromatic heterocycles. The first-order valence-electron chi connectivity index (χ1n) is 9.47. The van der Waals surface area contributed by atoms with Gasteiger partial charge in [-0.15, -0.1) is 0 Å². The van der Waals surface area contributed by atoms with E-state index < -0.39 is 0 Å². The number of halogens is 1. The summed E-state index contributed by atoms with van der Waals surface area (Å²) in [6, 6.07) is 12.8. The summed E-state index contributed by atoms with van der Waals surface area (Å²) in [4.78, 5) is 22.1. The van der Waals surface area contributed by atoms with Crippen molar-refractivity contribution in [3.63, 3.8) is 0 Å². The van der Waals surface area contributed by atoms with Crippen molar-refractivity contribution in [2.45, 2.75) is 0 Å². The third-order valence-corrected chi connectivity index (χ3v) is 6.26. The summed E-state index contributed by atoms with van der Waals surface area (Å²) >= 11 is 7.79. The summed E-state index contributed by atoms with van der Waals surface area (Å²) in [5.41, 5.74) is 1.33. The predicted octanol–water partition coefficient (Wildman–Crippen LogP) is 3.94. The molecule has 0 spiro atoms. The van der Waals surface area contributed by atoms with Gasteiger partial charge in [-0.25, -0.2) is 4.98 Å². The largest absolute Gasteiger partial charge is 0.497 e. The Morgan fingerprint density at radius 2 is 2.00 bits per heavy atom. The van der Waals surface area contributed by atoms with E-state index in [2.05, 4.69) is 9.88 Å². The number of hydrogen-bond donors (Lipinski definition) is 0. The van der Waals surface area contributed by atoms with Crippen LogP contribution in [0.15, 0.2) is 42.5 Å². The molecule has 0 saturated carbocycles. The van der Waals surface area contributed by atoms with Crippen molar-refractivity contribution in [3.8, 4) is 5.75 Å². The highest BCUT2D eigenvalue weighted by Gasteiger charge is 2.23. The molecule has 1 saturated heterocycles. The predicted molar refractivity (Wildman–Crippen MR) is 117 cm³/mol. The fraction of sp³-hybridized carbons (Fsp3) is 0.333. The summed E-state index contributed by atoms with van der Waals surface area (Å²) in [5.74, 6) is 0.629. The van der Waals surface area contributed by atoms with Crippen LogP contribution in [0.3, 0.4) is 0 Å². The molecule has 29 heavy (non-hydrogen) atoms. The molecule has 6 nitrogen and oxygen atoms in total. The molecule has 4 rings (SSSR count). The van der Waals surface area contributed by atoms with Crippen molar-refractivity contribution < 1.29 is 14.3 Å². The smallest absolute Gasteiger partial charge is 0.260 e. The number of fused-ring (bicyclic) bond motifs is 1. The fourth-order valence-corrected chi connectivity index (χ4v) is 4.55. The molecule has 3 aromatic rings. The van der Waals surface area contributed by atoms with Crippen LogP contribution < -0.4 is 9.64 Å². The zero-order chi connectivity index (χ0) is 20.2. The first-order valence-corrected chi connectivity index (χ1v) is 10.7. The second-order valence-electron chi connectivity index (χ2n) is 6.72. The molecular weight excluding hydrogens is 410 g/mol. The Morgan fingerprint density at radius 1 is 1.24 bits per heavy atom. The first kappa shape index (κ1) is 20.1. The van der Waals surface area contributed by atoms with Crippen molar-refractivity contribution in [3.05, 3.63) is 53.1 Å². The lowest BCUT2D eigenvalue weighted by molar-refractivity contribution is 0.0391. The van der Waals surface area contributed by atoms with Gasteiger partial charge in [0.1, 0.15) is 11.3 Å². The molecule has 1 aliphatic heterocycles. The fourth-order valence-electron chi connectivity index (χ4n) is 3.26. The molecule has 1 fully saturated rings. The van der Waals surface area contributed by atoms with Gasteiger partial charge in [0.05, 0.1) is 30.0 Å². The van der Waals surface area contributed by atoms with Gasteiger partial charge in [0.15, 0.2) is 5.13 Å². The average molecular weight is 432 g/mol. The number of hydrogen-bond acceptors (Lipinski definition) is 6. The number of amides is 1. The van der Waals surface area contributed by atoms with Gasteiger partial charge in [-0.2, -0.15) is 0 Å². The normalized spacial score (nSPS) is 14.8. The Kier molecular flexibility index (Phi) is 6.30. The number of para-hydroxylation sites is 1. The first-order chi connectivity index (χ1) is 14.2. The molecule has 2 aromatic carbocycles. The van der Waals surface area contributed by atoms with Gasteiger partial charge in [-0.05, 0) is 36.4 Å². The highest BCUT2D eigenvalue weighted by Crippen LogP contribution is 2.33. The number of rotatable bonds is 6. The van der Waals surface area contributed by atoms with Gasteiger partial charge in [0.2, 0.25) is 0 Å². The maximum absolute atomic E-state index is 13.4. The number of anilines is 1. The van der Waals surface area contributed by atoms with Crippen LogP contribution in [-0.4, -0.2) is 62.3 Å². The van der Waals surface area contributed by atoms with Crippen LogP contribution in [0.5, 0.6) is 5.75 Å². The Labute approximate surface area is 178 Å². The summed E-state index contributed by atoms with van der Waals surface area (Å²) < 4.78 is 11.6. The van der Waals surface area contributed by atoms with Crippen molar-refractivity contribution in [2.24, 2.45) is 0 Å². The summed E-state index contributed by atoms with van der Waals surface area (Å²) in [5, 5.41) is 1.25. The molecule has 1 amide bonds. The van der Waals surface area contributed by atoms with Gasteiger partial charge < -0.3 is 9.47 Å². The highest BCUT2D eigenvalue weighted by atomic mass is 35.5. The van der Waals surface area contributed by atoms with Crippen LogP contribution in [0.2, 0.25) is 5.02 Å². The minimum absolute atomic E-state index is 0.0870. The van der Waals surface area contributed by atoms with Crippen LogP contribution in [-0.2, 0) is 4.74 Å². The Bertz CT molecular complexity index is 987. The monoisotopic (exact) mass is 431 g/mol. The number of nitrogens with zero attached hydrogens (tertiary/aromatic N) is 3. The number of ether oxygens (including phenoxy) is 2. The standard InChI is InChI=1S/C21H22ClN3O3S/c1-27-16-7-5-15(6-8-16)20(26)25(10-9-24-11-13-28-14-12-24)21-23-19-17(22)3-2-4-18(19)29-21/h2-8H,9-14H2,1H3. The van der Waals surface area contributed by atoms with Crippen LogP contribution in [0.4, 0.5) is 5.13 Å². The average Bonchev–Trinajstić information content (AvgIpc) is 3.20. The van der Waals surface area contributed by atoms with Crippen molar-refractivity contribution in [1.82, 2.24) is 9.88 Å². The van der Waals surface area contributed by atoms with E-state index in [1.165, 1.54) is 11.3 Å². The number of carbonyl (C=O) groups is 1. The topological polar surface area (TPSA) is 54.9 Å². The SMILES string of the molecule is COc1ccc(C(=O)N(CCN2CCOCC2)c2nc3c(Cl)cccc3s2)cc1. The number of methoxy groups -OCH3 is 1. The minimum Gasteiger partial charge on any atom is -0.497 e. The van der Waals surface area contributed by atoms with E-state index in [1.807, 2.05) is 18.2 Å². The van der Waals surface area contributed by atoms with E-state index >= 15 is 0 Å². The van der Waals surface area contributed by atoms with E-state index in [0.29, 0.717) is 28.0 Å². The number of morpholine rings is 1. The molecule has 0 N–H and O–H groups in total. The van der Waals surface area contributed by atoms with Gasteiger partial charge >= 0.3 is 0 Å². The summed E-state index contributed by atoms with van der Waals surface area (Å²) in [6.07, 6.45) is 0. The van der Waals surface area contributed by atoms with Crippen LogP contribution >= 0.6 is 22.9 Å². The molecule has 0 unspecified atom stereocenters. The summed E-state index contributed by atoms with van der Waals surface area (Å²) in [7, 11) is 1.61. The molecule has 0 aliphatic carbocycles. The number of thiazole rings is 1. The molecule has 2 heterocycles. The number of carbonyl (C=O) groups excluding carboxylic acids is 1. The molecule has 8 heteroatoms. The Hall–Kier alpha value is -2.19. The van der Waals surface area contributed by atoms with Gasteiger partial charge in [-0.1, -0.05) is 29.0 Å². The quantitative estimate of drug-likeness (QED) is 0.591. The van der Waals surface area contributed by atoms with Gasteiger partial charge in [0.25, 0.3) is 5.91 Å². The van der Waals surface area contributed by atoms with Crippen molar-refractivity contribution in [2.75, 3.05) is 51.4 Å². The van der Waals surface area contributed by atoms with E-state index in [9.17, 15) is 4.79 Å². The lowest BCUT2D eigenvalue weighted by atomic mass is 10.2. The van der Waals surface area contributed by atoms with E-state index in [1.54, 1.807) is 36.3 Å². The molecular formula is C21H22ClN3O3S. The highest BCUT2D eigenvalue weighted by molar-refractivity contribution is 7.22. The lowest BCUT2D eigenvalue weighted by Gasteiger charge is -2.29. The Morgan fingerprint density at radius 3 is 2.69 bits per heavy atom. The zero-order valence-electron chi connectivity index (χ0n) is 16.1.